The zero-order chi connectivity index (χ0) is 13.3. The molecule has 0 radical (unpaired) electrons. The minimum absolute atomic E-state index is 0.0418. The fraction of sp³-hybridized carbons (Fsp3) is 0.273. The van der Waals surface area contributed by atoms with Crippen LogP contribution in [0.5, 0.6) is 0 Å². The fourth-order valence-corrected chi connectivity index (χ4v) is 1.65. The van der Waals surface area contributed by atoms with Crippen LogP contribution >= 0.6 is 0 Å². The molecule has 0 aliphatic carbocycles. The molecule has 2 rings (SSSR count). The molecule has 0 saturated heterocycles. The lowest BCUT2D eigenvalue weighted by Crippen LogP contribution is -2.24. The molecular formula is C11H10F3N3O. The molecule has 0 saturated carbocycles. The van der Waals surface area contributed by atoms with Crippen molar-refractivity contribution in [2.75, 3.05) is 0 Å². The van der Waals surface area contributed by atoms with Gasteiger partial charge in [0.1, 0.15) is 6.33 Å². The molecule has 4 nitrogen and oxygen atoms in total. The van der Waals surface area contributed by atoms with Crippen molar-refractivity contribution in [2.45, 2.75) is 12.7 Å². The lowest BCUT2D eigenvalue weighted by Gasteiger charge is -2.12. The van der Waals surface area contributed by atoms with E-state index in [-0.39, 0.29) is 12.1 Å². The van der Waals surface area contributed by atoms with Crippen LogP contribution in [0.15, 0.2) is 35.4 Å². The number of benzene rings is 1. The molecule has 0 aliphatic rings. The summed E-state index contributed by atoms with van der Waals surface area (Å²) in [7, 11) is 1.44. The lowest BCUT2D eigenvalue weighted by atomic mass is 10.1. The third-order valence-electron chi connectivity index (χ3n) is 2.55. The summed E-state index contributed by atoms with van der Waals surface area (Å²) in [4.78, 5) is 11.5. The molecular weight excluding hydrogens is 247 g/mol. The number of rotatable bonds is 2. The highest BCUT2D eigenvalue weighted by molar-refractivity contribution is 5.29. The van der Waals surface area contributed by atoms with E-state index < -0.39 is 17.4 Å². The number of alkyl halides is 3. The number of hydrogen-bond acceptors (Lipinski definition) is 2. The predicted octanol–water partition coefficient (Wildman–Crippen LogP) is 1.65. The maximum atomic E-state index is 12.7. The Morgan fingerprint density at radius 1 is 1.28 bits per heavy atom. The second-order valence-electron chi connectivity index (χ2n) is 3.82. The van der Waals surface area contributed by atoms with Gasteiger partial charge in [-0.1, -0.05) is 18.2 Å². The Balaban J connectivity index is 2.41. The molecule has 0 atom stereocenters. The summed E-state index contributed by atoms with van der Waals surface area (Å²) in [5, 5.41) is 3.69. The van der Waals surface area contributed by atoms with Gasteiger partial charge in [0.25, 0.3) is 0 Å². The lowest BCUT2D eigenvalue weighted by molar-refractivity contribution is -0.138. The molecule has 0 aliphatic heterocycles. The second kappa shape index (κ2) is 4.32. The predicted molar refractivity (Wildman–Crippen MR) is 58.0 cm³/mol. The molecule has 96 valence electrons. The number of aromatic nitrogens is 3. The zero-order valence-electron chi connectivity index (χ0n) is 9.48. The molecule has 18 heavy (non-hydrogen) atoms. The summed E-state index contributed by atoms with van der Waals surface area (Å²) < 4.78 is 40.4. The van der Waals surface area contributed by atoms with Gasteiger partial charge in [-0.15, -0.1) is 0 Å². The molecule has 1 aromatic carbocycles. The van der Waals surface area contributed by atoms with E-state index in [0.717, 1.165) is 15.3 Å². The Morgan fingerprint density at radius 2 is 1.94 bits per heavy atom. The smallest absolute Gasteiger partial charge is 0.277 e. The van der Waals surface area contributed by atoms with Crippen molar-refractivity contribution in [1.29, 1.82) is 0 Å². The zero-order valence-corrected chi connectivity index (χ0v) is 9.48. The van der Waals surface area contributed by atoms with Gasteiger partial charge in [0.05, 0.1) is 12.1 Å². The molecule has 1 aromatic heterocycles. The van der Waals surface area contributed by atoms with Crippen LogP contribution in [0.2, 0.25) is 0 Å². The van der Waals surface area contributed by atoms with Crippen molar-refractivity contribution >= 4 is 0 Å². The summed E-state index contributed by atoms with van der Waals surface area (Å²) in [5.74, 6) is 0. The Hall–Kier alpha value is -2.05. The van der Waals surface area contributed by atoms with Gasteiger partial charge in [-0.25, -0.2) is 9.48 Å². The monoisotopic (exact) mass is 257 g/mol. The highest BCUT2D eigenvalue weighted by Gasteiger charge is 2.32. The van der Waals surface area contributed by atoms with Crippen LogP contribution in [-0.4, -0.2) is 14.3 Å². The van der Waals surface area contributed by atoms with E-state index in [1.807, 2.05) is 0 Å². The molecule has 0 unspecified atom stereocenters. The average molecular weight is 257 g/mol. The van der Waals surface area contributed by atoms with Crippen molar-refractivity contribution in [3.63, 3.8) is 0 Å². The van der Waals surface area contributed by atoms with Crippen LogP contribution in [0, 0.1) is 0 Å². The largest absolute Gasteiger partial charge is 0.416 e. The topological polar surface area (TPSA) is 39.8 Å². The SMILES string of the molecule is Cn1ncn(Cc2ccccc2C(F)(F)F)c1=O. The van der Waals surface area contributed by atoms with Gasteiger partial charge in [-0.05, 0) is 11.6 Å². The van der Waals surface area contributed by atoms with Crippen molar-refractivity contribution < 1.29 is 13.2 Å². The van der Waals surface area contributed by atoms with E-state index in [1.165, 1.54) is 31.6 Å². The van der Waals surface area contributed by atoms with Crippen LogP contribution in [0.3, 0.4) is 0 Å². The molecule has 1 heterocycles. The first-order valence-corrected chi connectivity index (χ1v) is 5.13. The van der Waals surface area contributed by atoms with Gasteiger partial charge in [-0.3, -0.25) is 4.57 Å². The van der Waals surface area contributed by atoms with Crippen LogP contribution in [0.25, 0.3) is 0 Å². The van der Waals surface area contributed by atoms with Crippen molar-refractivity contribution in [3.8, 4) is 0 Å². The first kappa shape index (κ1) is 12.4. The molecule has 0 N–H and O–H groups in total. The summed E-state index contributed by atoms with van der Waals surface area (Å²) in [6, 6.07) is 5.17. The van der Waals surface area contributed by atoms with E-state index in [0.29, 0.717) is 0 Å². The molecule has 0 fully saturated rings. The number of halogens is 3. The molecule has 7 heteroatoms. The van der Waals surface area contributed by atoms with E-state index in [4.69, 9.17) is 0 Å². The van der Waals surface area contributed by atoms with Gasteiger partial charge in [0.15, 0.2) is 0 Å². The number of nitrogens with zero attached hydrogens (tertiary/aromatic N) is 3. The van der Waals surface area contributed by atoms with Crippen molar-refractivity contribution in [1.82, 2.24) is 14.3 Å². The second-order valence-corrected chi connectivity index (χ2v) is 3.82. The number of aryl methyl sites for hydroxylation is 1. The highest BCUT2D eigenvalue weighted by Crippen LogP contribution is 2.31. The Kier molecular flexibility index (Phi) is 2.98. The van der Waals surface area contributed by atoms with Crippen LogP contribution in [0.1, 0.15) is 11.1 Å². The third-order valence-corrected chi connectivity index (χ3v) is 2.55. The first-order valence-electron chi connectivity index (χ1n) is 5.13. The summed E-state index contributed by atoms with van der Waals surface area (Å²) >= 11 is 0. The number of hydrogen-bond donors (Lipinski definition) is 0. The fourth-order valence-electron chi connectivity index (χ4n) is 1.65. The summed E-state index contributed by atoms with van der Waals surface area (Å²) in [5.41, 5.74) is -1.15. The van der Waals surface area contributed by atoms with E-state index in [1.54, 1.807) is 0 Å². The minimum Gasteiger partial charge on any atom is -0.277 e. The van der Waals surface area contributed by atoms with Crippen molar-refractivity contribution in [3.05, 3.63) is 52.2 Å². The summed E-state index contributed by atoms with van der Waals surface area (Å²) in [6.45, 7) is -0.150. The molecule has 0 bridgehead atoms. The van der Waals surface area contributed by atoms with Gasteiger partial charge in [0.2, 0.25) is 0 Å². The first-order chi connectivity index (χ1) is 8.39. The standard InChI is InChI=1S/C11H10F3N3O/c1-16-10(18)17(7-15-16)6-8-4-2-3-5-9(8)11(12,13)14/h2-5,7H,6H2,1H3. The van der Waals surface area contributed by atoms with Crippen LogP contribution in [0.4, 0.5) is 13.2 Å². The average Bonchev–Trinajstić information content (AvgIpc) is 2.60. The third kappa shape index (κ3) is 2.29. The maximum absolute atomic E-state index is 12.7. The molecule has 0 spiro atoms. The van der Waals surface area contributed by atoms with Gasteiger partial charge in [0, 0.05) is 7.05 Å². The van der Waals surface area contributed by atoms with Crippen LogP contribution < -0.4 is 5.69 Å². The maximum Gasteiger partial charge on any atom is 0.416 e. The summed E-state index contributed by atoms with van der Waals surface area (Å²) in [6.07, 6.45) is -3.21. The van der Waals surface area contributed by atoms with Gasteiger partial charge in [-0.2, -0.15) is 18.3 Å². The van der Waals surface area contributed by atoms with E-state index in [2.05, 4.69) is 5.10 Å². The Bertz CT molecular complexity index is 612. The van der Waals surface area contributed by atoms with E-state index >= 15 is 0 Å². The normalized spacial score (nSPS) is 11.8. The van der Waals surface area contributed by atoms with Gasteiger partial charge < -0.3 is 0 Å². The van der Waals surface area contributed by atoms with Crippen molar-refractivity contribution in [2.24, 2.45) is 7.05 Å². The van der Waals surface area contributed by atoms with E-state index in [9.17, 15) is 18.0 Å². The quantitative estimate of drug-likeness (QED) is 0.820. The highest BCUT2D eigenvalue weighted by atomic mass is 19.4. The van der Waals surface area contributed by atoms with Crippen LogP contribution in [-0.2, 0) is 19.8 Å². The Morgan fingerprint density at radius 3 is 2.50 bits per heavy atom. The molecule has 0 amide bonds. The molecule has 2 aromatic rings. The Labute approximate surface area is 100 Å². The minimum atomic E-state index is -4.43. The van der Waals surface area contributed by atoms with Gasteiger partial charge >= 0.3 is 11.9 Å².